The van der Waals surface area contributed by atoms with Crippen molar-refractivity contribution < 1.29 is 13.2 Å². The number of hydrogen-bond donors (Lipinski definition) is 1. The molecule has 0 bridgehead atoms. The quantitative estimate of drug-likeness (QED) is 0.857. The van der Waals surface area contributed by atoms with Crippen molar-refractivity contribution in [2.45, 2.75) is 31.2 Å². The Morgan fingerprint density at radius 3 is 3.00 bits per heavy atom. The third-order valence-corrected chi connectivity index (χ3v) is 5.33. The number of hydrogen-bond acceptors (Lipinski definition) is 5. The van der Waals surface area contributed by atoms with E-state index in [-0.39, 0.29) is 10.8 Å². The number of aromatic nitrogens is 3. The van der Waals surface area contributed by atoms with Crippen LogP contribution in [0.2, 0.25) is 0 Å². The molecule has 0 aromatic carbocycles. The van der Waals surface area contributed by atoms with Crippen LogP contribution >= 0.6 is 0 Å². The topological polar surface area (TPSA) is 86.1 Å². The average molecular weight is 336 g/mol. The van der Waals surface area contributed by atoms with Crippen LogP contribution in [0, 0.1) is 5.92 Å². The third kappa shape index (κ3) is 3.70. The Morgan fingerprint density at radius 1 is 1.39 bits per heavy atom. The molecule has 1 aliphatic heterocycles. The van der Waals surface area contributed by atoms with Crippen LogP contribution in [-0.4, -0.2) is 36.1 Å². The minimum absolute atomic E-state index is 0.151. The number of ether oxygens (including phenoxy) is 1. The number of sulfonamides is 1. The van der Waals surface area contributed by atoms with E-state index < -0.39 is 10.0 Å². The molecule has 0 amide bonds. The van der Waals surface area contributed by atoms with Gasteiger partial charge < -0.3 is 9.30 Å². The number of rotatable bonds is 6. The van der Waals surface area contributed by atoms with E-state index in [0.29, 0.717) is 19.0 Å². The van der Waals surface area contributed by atoms with Crippen LogP contribution in [0.4, 0.5) is 0 Å². The summed E-state index contributed by atoms with van der Waals surface area (Å²) < 4.78 is 34.7. The van der Waals surface area contributed by atoms with Gasteiger partial charge in [-0.1, -0.05) is 0 Å². The minimum Gasteiger partial charge on any atom is -0.478 e. The summed E-state index contributed by atoms with van der Waals surface area (Å²) in [7, 11) is -3.55. The van der Waals surface area contributed by atoms with Gasteiger partial charge >= 0.3 is 0 Å². The summed E-state index contributed by atoms with van der Waals surface area (Å²) in [5.41, 5.74) is 0. The zero-order valence-corrected chi connectivity index (χ0v) is 13.8. The summed E-state index contributed by atoms with van der Waals surface area (Å²) >= 11 is 0. The molecule has 3 rings (SSSR count). The summed E-state index contributed by atoms with van der Waals surface area (Å²) in [5.74, 6) is 1.70. The van der Waals surface area contributed by atoms with Crippen molar-refractivity contribution >= 4 is 10.0 Å². The van der Waals surface area contributed by atoms with E-state index in [1.807, 2.05) is 13.1 Å². The van der Waals surface area contributed by atoms with Gasteiger partial charge in [-0.05, 0) is 25.3 Å². The zero-order chi connectivity index (χ0) is 16.3. The average Bonchev–Trinajstić information content (AvgIpc) is 3.01. The van der Waals surface area contributed by atoms with Gasteiger partial charge in [0, 0.05) is 38.0 Å². The van der Waals surface area contributed by atoms with Crippen LogP contribution in [0.15, 0.2) is 35.6 Å². The number of pyridine rings is 1. The second-order valence-corrected chi connectivity index (χ2v) is 7.28. The Morgan fingerprint density at radius 2 is 2.26 bits per heavy atom. The van der Waals surface area contributed by atoms with Crippen LogP contribution in [-0.2, 0) is 23.0 Å². The van der Waals surface area contributed by atoms with Crippen molar-refractivity contribution in [3.63, 3.8) is 0 Å². The van der Waals surface area contributed by atoms with Crippen molar-refractivity contribution in [2.75, 3.05) is 13.2 Å². The van der Waals surface area contributed by atoms with E-state index in [9.17, 15) is 8.42 Å². The normalized spacial score (nSPS) is 17.7. The first-order valence-electron chi connectivity index (χ1n) is 7.67. The van der Waals surface area contributed by atoms with Gasteiger partial charge in [0.2, 0.25) is 15.9 Å². The number of nitrogens with one attached hydrogen (secondary N) is 1. The summed E-state index contributed by atoms with van der Waals surface area (Å²) in [6.07, 6.45) is 6.79. The molecule has 0 radical (unpaired) electrons. The molecular weight excluding hydrogens is 316 g/mol. The highest BCUT2D eigenvalue weighted by molar-refractivity contribution is 7.89. The predicted molar refractivity (Wildman–Crippen MR) is 84.6 cm³/mol. The van der Waals surface area contributed by atoms with E-state index in [4.69, 9.17) is 4.74 Å². The summed E-state index contributed by atoms with van der Waals surface area (Å²) in [4.78, 5) is 8.45. The summed E-state index contributed by atoms with van der Waals surface area (Å²) in [5, 5.41) is 0. The second kappa shape index (κ2) is 6.67. The third-order valence-electron chi connectivity index (χ3n) is 3.92. The lowest BCUT2D eigenvalue weighted by Crippen LogP contribution is -2.33. The van der Waals surface area contributed by atoms with Gasteiger partial charge in [-0.15, -0.1) is 0 Å². The number of imidazole rings is 1. The second-order valence-electron chi connectivity index (χ2n) is 5.51. The molecule has 1 atom stereocenters. The molecule has 2 aromatic rings. The monoisotopic (exact) mass is 336 g/mol. The Bertz CT molecular complexity index is 755. The number of fused-ring (bicyclic) bond motifs is 1. The molecule has 0 saturated carbocycles. The summed E-state index contributed by atoms with van der Waals surface area (Å²) in [6.45, 7) is 3.63. The minimum atomic E-state index is -3.55. The standard InChI is InChI=1S/C15H20N4O3S/c1-2-22-15-4-3-13(11-17-15)23(20,21)18-10-12-5-7-19-8-6-16-14(19)9-12/h3-4,6,8,11-12,18H,2,5,7,9-10H2,1H3/t12-/m1/s1. The van der Waals surface area contributed by atoms with Crippen LogP contribution in [0.5, 0.6) is 5.88 Å². The molecule has 7 nitrogen and oxygen atoms in total. The molecular formula is C15H20N4O3S. The highest BCUT2D eigenvalue weighted by Gasteiger charge is 2.22. The Kier molecular flexibility index (Phi) is 4.63. The van der Waals surface area contributed by atoms with Crippen LogP contribution in [0.1, 0.15) is 19.2 Å². The molecule has 0 fully saturated rings. The largest absolute Gasteiger partial charge is 0.478 e. The molecule has 1 N–H and O–H groups in total. The van der Waals surface area contributed by atoms with Gasteiger partial charge in [0.1, 0.15) is 10.7 Å². The van der Waals surface area contributed by atoms with Crippen molar-refractivity contribution in [2.24, 2.45) is 5.92 Å². The lowest BCUT2D eigenvalue weighted by molar-refractivity contribution is 0.326. The molecule has 0 spiro atoms. The van der Waals surface area contributed by atoms with Gasteiger partial charge in [-0.25, -0.2) is 23.1 Å². The Balaban J connectivity index is 1.60. The smallest absolute Gasteiger partial charge is 0.242 e. The lowest BCUT2D eigenvalue weighted by Gasteiger charge is -2.23. The summed E-state index contributed by atoms with van der Waals surface area (Å²) in [6, 6.07) is 3.07. The molecule has 124 valence electrons. The lowest BCUT2D eigenvalue weighted by atomic mass is 9.98. The Hall–Kier alpha value is -1.93. The fourth-order valence-corrected chi connectivity index (χ4v) is 3.72. The molecule has 8 heteroatoms. The molecule has 23 heavy (non-hydrogen) atoms. The van der Waals surface area contributed by atoms with Gasteiger partial charge in [-0.2, -0.15) is 0 Å². The van der Waals surface area contributed by atoms with Crippen LogP contribution < -0.4 is 9.46 Å². The SMILES string of the molecule is CCOc1ccc(S(=O)(=O)NC[C@@H]2CCn3ccnc3C2)cn1. The zero-order valence-electron chi connectivity index (χ0n) is 13.0. The fraction of sp³-hybridized carbons (Fsp3) is 0.467. The van der Waals surface area contributed by atoms with E-state index >= 15 is 0 Å². The van der Waals surface area contributed by atoms with Crippen molar-refractivity contribution in [3.05, 3.63) is 36.5 Å². The highest BCUT2D eigenvalue weighted by Crippen LogP contribution is 2.19. The van der Waals surface area contributed by atoms with Gasteiger partial charge in [-0.3, -0.25) is 0 Å². The van der Waals surface area contributed by atoms with Crippen molar-refractivity contribution in [3.8, 4) is 5.88 Å². The van der Waals surface area contributed by atoms with Crippen molar-refractivity contribution in [1.29, 1.82) is 0 Å². The number of nitrogens with zero attached hydrogens (tertiary/aromatic N) is 3. The molecule has 3 heterocycles. The van der Waals surface area contributed by atoms with Gasteiger partial charge in [0.05, 0.1) is 12.8 Å². The van der Waals surface area contributed by atoms with Gasteiger partial charge in [0.15, 0.2) is 0 Å². The van der Waals surface area contributed by atoms with Crippen LogP contribution in [0.25, 0.3) is 0 Å². The van der Waals surface area contributed by atoms with E-state index in [2.05, 4.69) is 19.3 Å². The first-order valence-corrected chi connectivity index (χ1v) is 9.15. The molecule has 0 saturated heterocycles. The first-order chi connectivity index (χ1) is 11.1. The maximum atomic E-state index is 12.3. The number of aryl methyl sites for hydroxylation is 1. The predicted octanol–water partition coefficient (Wildman–Crippen LogP) is 1.22. The van der Waals surface area contributed by atoms with Crippen LogP contribution in [0.3, 0.4) is 0 Å². The van der Waals surface area contributed by atoms with Crippen molar-refractivity contribution in [1.82, 2.24) is 19.3 Å². The fourth-order valence-electron chi connectivity index (χ4n) is 2.66. The molecule has 0 unspecified atom stereocenters. The van der Waals surface area contributed by atoms with Gasteiger partial charge in [0.25, 0.3) is 0 Å². The Labute approximate surface area is 135 Å². The molecule has 0 aliphatic carbocycles. The molecule has 2 aromatic heterocycles. The highest BCUT2D eigenvalue weighted by atomic mass is 32.2. The van der Waals surface area contributed by atoms with E-state index in [1.165, 1.54) is 12.3 Å². The maximum Gasteiger partial charge on any atom is 0.242 e. The first kappa shape index (κ1) is 15.9. The van der Waals surface area contributed by atoms with E-state index in [1.54, 1.807) is 12.3 Å². The van der Waals surface area contributed by atoms with E-state index in [0.717, 1.165) is 25.2 Å². The maximum absolute atomic E-state index is 12.3. The molecule has 1 aliphatic rings.